The number of benzene rings is 1. The van der Waals surface area contributed by atoms with Crippen LogP contribution in [0.2, 0.25) is 5.02 Å². The smallest absolute Gasteiger partial charge is 0.374 e. The summed E-state index contributed by atoms with van der Waals surface area (Å²) in [6.07, 6.45) is 0. The summed E-state index contributed by atoms with van der Waals surface area (Å²) in [5.74, 6) is -1.43. The Morgan fingerprint density at radius 3 is 2.86 bits per heavy atom. The molecule has 14 heavy (non-hydrogen) atoms. The van der Waals surface area contributed by atoms with E-state index in [1.807, 2.05) is 0 Å². The van der Waals surface area contributed by atoms with Crippen LogP contribution in [0.15, 0.2) is 22.6 Å². The lowest BCUT2D eigenvalue weighted by Crippen LogP contribution is -1.98. The second-order valence-corrected chi connectivity index (χ2v) is 3.23. The molecule has 1 aromatic heterocycles. The van der Waals surface area contributed by atoms with E-state index in [9.17, 15) is 4.79 Å². The molecular weight excluding hydrogens is 206 g/mol. The number of nitrogens with two attached hydrogens (primary N) is 1. The second-order valence-electron chi connectivity index (χ2n) is 2.79. The summed E-state index contributed by atoms with van der Waals surface area (Å²) in [6.45, 7) is 0. The molecule has 3 N–H and O–H groups in total. The number of furan rings is 1. The highest BCUT2D eigenvalue weighted by Gasteiger charge is 2.17. The maximum atomic E-state index is 10.7. The van der Waals surface area contributed by atoms with Gasteiger partial charge in [0.25, 0.3) is 0 Å². The van der Waals surface area contributed by atoms with Gasteiger partial charge in [0.05, 0.1) is 5.69 Å². The zero-order valence-electron chi connectivity index (χ0n) is 6.95. The standard InChI is InChI=1S/C9H6ClNO3/c10-4-1-2-5-6(3-4)14-8(7(5)11)9(12)13/h1-3H,11H2,(H,12,13). The molecule has 1 heterocycles. The van der Waals surface area contributed by atoms with E-state index in [0.717, 1.165) is 0 Å². The summed E-state index contributed by atoms with van der Waals surface area (Å²) < 4.78 is 5.03. The quantitative estimate of drug-likeness (QED) is 0.759. The zero-order chi connectivity index (χ0) is 10.3. The molecular formula is C9H6ClNO3. The van der Waals surface area contributed by atoms with Crippen molar-refractivity contribution in [3.05, 3.63) is 29.0 Å². The van der Waals surface area contributed by atoms with Gasteiger partial charge in [-0.1, -0.05) is 11.6 Å². The summed E-state index contributed by atoms with van der Waals surface area (Å²) >= 11 is 5.71. The number of carboxylic acids is 1. The Morgan fingerprint density at radius 2 is 2.21 bits per heavy atom. The SMILES string of the molecule is Nc1c(C(=O)O)oc2cc(Cl)ccc12. The first-order chi connectivity index (χ1) is 6.59. The molecule has 0 aliphatic heterocycles. The summed E-state index contributed by atoms with van der Waals surface area (Å²) in [4.78, 5) is 10.7. The van der Waals surface area contributed by atoms with Crippen molar-refractivity contribution in [1.82, 2.24) is 0 Å². The van der Waals surface area contributed by atoms with Crippen LogP contribution in [0.5, 0.6) is 0 Å². The van der Waals surface area contributed by atoms with E-state index in [1.165, 1.54) is 6.07 Å². The Kier molecular flexibility index (Phi) is 1.86. The van der Waals surface area contributed by atoms with Crippen molar-refractivity contribution >= 4 is 34.2 Å². The van der Waals surface area contributed by atoms with Crippen molar-refractivity contribution in [3.63, 3.8) is 0 Å². The molecule has 0 aliphatic rings. The molecule has 1 aromatic carbocycles. The Morgan fingerprint density at radius 1 is 1.50 bits per heavy atom. The highest BCUT2D eigenvalue weighted by molar-refractivity contribution is 6.31. The minimum atomic E-state index is -1.19. The Balaban J connectivity index is 2.79. The molecule has 0 bridgehead atoms. The minimum absolute atomic E-state index is 0.129. The lowest BCUT2D eigenvalue weighted by atomic mass is 10.2. The van der Waals surface area contributed by atoms with Crippen LogP contribution in [-0.2, 0) is 0 Å². The van der Waals surface area contributed by atoms with Gasteiger partial charge in [0.1, 0.15) is 5.58 Å². The van der Waals surface area contributed by atoms with Crippen LogP contribution in [0, 0.1) is 0 Å². The number of fused-ring (bicyclic) bond motifs is 1. The maximum Gasteiger partial charge on any atom is 0.374 e. The lowest BCUT2D eigenvalue weighted by Gasteiger charge is -1.89. The number of hydrogen-bond acceptors (Lipinski definition) is 3. The van der Waals surface area contributed by atoms with Crippen molar-refractivity contribution in [2.45, 2.75) is 0 Å². The van der Waals surface area contributed by atoms with Gasteiger partial charge in [-0.25, -0.2) is 4.79 Å². The first kappa shape index (κ1) is 8.90. The van der Waals surface area contributed by atoms with Gasteiger partial charge in [0.15, 0.2) is 0 Å². The predicted molar refractivity (Wildman–Crippen MR) is 52.6 cm³/mol. The number of aromatic carboxylic acids is 1. The van der Waals surface area contributed by atoms with Gasteiger partial charge in [0, 0.05) is 16.5 Å². The van der Waals surface area contributed by atoms with Gasteiger partial charge in [-0.3, -0.25) is 0 Å². The van der Waals surface area contributed by atoms with Crippen LogP contribution in [0.25, 0.3) is 11.0 Å². The molecule has 0 radical (unpaired) electrons. The van der Waals surface area contributed by atoms with Crippen LogP contribution < -0.4 is 5.73 Å². The van der Waals surface area contributed by atoms with Gasteiger partial charge >= 0.3 is 5.97 Å². The molecule has 2 aromatic rings. The van der Waals surface area contributed by atoms with Crippen molar-refractivity contribution in [1.29, 1.82) is 0 Å². The third kappa shape index (κ3) is 1.20. The van der Waals surface area contributed by atoms with Gasteiger partial charge in [-0.05, 0) is 12.1 Å². The fourth-order valence-corrected chi connectivity index (χ4v) is 1.41. The molecule has 0 aliphatic carbocycles. The number of halogens is 1. The average molecular weight is 212 g/mol. The Bertz CT molecular complexity index is 518. The monoisotopic (exact) mass is 211 g/mol. The van der Waals surface area contributed by atoms with E-state index >= 15 is 0 Å². The molecule has 0 saturated heterocycles. The highest BCUT2D eigenvalue weighted by Crippen LogP contribution is 2.30. The summed E-state index contributed by atoms with van der Waals surface area (Å²) in [5.41, 5.74) is 6.08. The highest BCUT2D eigenvalue weighted by atomic mass is 35.5. The Labute approximate surface area is 83.9 Å². The van der Waals surface area contributed by atoms with Crippen LogP contribution in [0.4, 0.5) is 5.69 Å². The largest absolute Gasteiger partial charge is 0.475 e. The molecule has 72 valence electrons. The molecule has 2 rings (SSSR count). The number of anilines is 1. The van der Waals surface area contributed by atoms with E-state index in [1.54, 1.807) is 12.1 Å². The van der Waals surface area contributed by atoms with Gasteiger partial charge in [0.2, 0.25) is 5.76 Å². The summed E-state index contributed by atoms with van der Waals surface area (Å²) in [5, 5.41) is 9.77. The van der Waals surface area contributed by atoms with Crippen molar-refractivity contribution in [2.24, 2.45) is 0 Å². The van der Waals surface area contributed by atoms with Gasteiger partial charge < -0.3 is 15.3 Å². The zero-order valence-corrected chi connectivity index (χ0v) is 7.71. The first-order valence-corrected chi connectivity index (χ1v) is 4.18. The number of nitrogen functional groups attached to an aromatic ring is 1. The van der Waals surface area contributed by atoms with Crippen LogP contribution >= 0.6 is 11.6 Å². The van der Waals surface area contributed by atoms with Crippen molar-refractivity contribution in [3.8, 4) is 0 Å². The molecule has 5 heteroatoms. The van der Waals surface area contributed by atoms with Crippen molar-refractivity contribution in [2.75, 3.05) is 5.73 Å². The molecule has 0 amide bonds. The fraction of sp³-hybridized carbons (Fsp3) is 0. The second kappa shape index (κ2) is 2.92. The minimum Gasteiger partial charge on any atom is -0.475 e. The molecule has 0 saturated carbocycles. The third-order valence-corrected chi connectivity index (χ3v) is 2.12. The summed E-state index contributed by atoms with van der Waals surface area (Å²) in [6, 6.07) is 4.78. The molecule has 0 fully saturated rings. The number of rotatable bonds is 1. The van der Waals surface area contributed by atoms with E-state index in [4.69, 9.17) is 26.9 Å². The number of carbonyl (C=O) groups is 1. The fourth-order valence-electron chi connectivity index (χ4n) is 1.25. The average Bonchev–Trinajstić information content (AvgIpc) is 2.43. The lowest BCUT2D eigenvalue weighted by molar-refractivity contribution is 0.0666. The van der Waals surface area contributed by atoms with E-state index in [-0.39, 0.29) is 11.4 Å². The van der Waals surface area contributed by atoms with Crippen molar-refractivity contribution < 1.29 is 14.3 Å². The number of carboxylic acid groups (broad SMARTS) is 1. The Hall–Kier alpha value is -1.68. The molecule has 0 spiro atoms. The van der Waals surface area contributed by atoms with E-state index in [0.29, 0.717) is 16.0 Å². The molecule has 0 unspecified atom stereocenters. The number of hydrogen-bond donors (Lipinski definition) is 2. The van der Waals surface area contributed by atoms with Crippen LogP contribution in [0.1, 0.15) is 10.6 Å². The normalized spacial score (nSPS) is 10.6. The van der Waals surface area contributed by atoms with E-state index < -0.39 is 5.97 Å². The van der Waals surface area contributed by atoms with Crippen LogP contribution in [-0.4, -0.2) is 11.1 Å². The molecule has 0 atom stereocenters. The topological polar surface area (TPSA) is 76.5 Å². The van der Waals surface area contributed by atoms with E-state index in [2.05, 4.69) is 0 Å². The first-order valence-electron chi connectivity index (χ1n) is 3.80. The van der Waals surface area contributed by atoms with Gasteiger partial charge in [-0.2, -0.15) is 0 Å². The van der Waals surface area contributed by atoms with Crippen LogP contribution in [0.3, 0.4) is 0 Å². The predicted octanol–water partition coefficient (Wildman–Crippen LogP) is 2.37. The third-order valence-electron chi connectivity index (χ3n) is 1.88. The molecule has 4 nitrogen and oxygen atoms in total. The van der Waals surface area contributed by atoms with Gasteiger partial charge in [-0.15, -0.1) is 0 Å². The summed E-state index contributed by atoms with van der Waals surface area (Å²) in [7, 11) is 0. The maximum absolute atomic E-state index is 10.7.